The number of hydrogen-bond donors (Lipinski definition) is 0. The van der Waals surface area contributed by atoms with Crippen molar-refractivity contribution in [2.45, 2.75) is 0 Å². The van der Waals surface area contributed by atoms with E-state index in [2.05, 4.69) is 254 Å². The van der Waals surface area contributed by atoms with Crippen LogP contribution in [0.1, 0.15) is 0 Å². The van der Waals surface area contributed by atoms with Gasteiger partial charge in [0.2, 0.25) is 0 Å². The number of benzene rings is 10. The van der Waals surface area contributed by atoms with Crippen molar-refractivity contribution in [3.63, 3.8) is 0 Å². The quantitative estimate of drug-likeness (QED) is 0.142. The minimum Gasteiger partial charge on any atom is -0.310 e. The standard InChI is InChI=1S/C58H41N/c1-4-16-42(17-5-1)44-32-36-51(37-33-44)59(53-25-14-24-49(41-53)50-31-30-43-18-10-11-23-48(43)40-50)52-38-34-47(35-39-52)56-29-15-28-55(46-21-8-3-9-22-46)58(56)57-27-13-12-26-54(57)45-19-6-2-7-20-45/h1-41H. The smallest absolute Gasteiger partial charge is 0.0467 e. The van der Waals surface area contributed by atoms with Crippen molar-refractivity contribution in [2.24, 2.45) is 0 Å². The van der Waals surface area contributed by atoms with Crippen molar-refractivity contribution in [3.05, 3.63) is 249 Å². The van der Waals surface area contributed by atoms with Crippen molar-refractivity contribution in [1.82, 2.24) is 0 Å². The van der Waals surface area contributed by atoms with Crippen molar-refractivity contribution in [1.29, 1.82) is 0 Å². The van der Waals surface area contributed by atoms with Gasteiger partial charge in [0.05, 0.1) is 0 Å². The molecule has 0 aliphatic heterocycles. The maximum Gasteiger partial charge on any atom is 0.0467 e. The van der Waals surface area contributed by atoms with Crippen LogP contribution < -0.4 is 4.90 Å². The summed E-state index contributed by atoms with van der Waals surface area (Å²) in [6.07, 6.45) is 0. The number of fused-ring (bicyclic) bond motifs is 1. The van der Waals surface area contributed by atoms with Crippen LogP contribution in [0.4, 0.5) is 17.1 Å². The molecule has 1 nitrogen and oxygen atoms in total. The van der Waals surface area contributed by atoms with Gasteiger partial charge in [-0.3, -0.25) is 0 Å². The molecule has 0 unspecified atom stereocenters. The van der Waals surface area contributed by atoms with Crippen LogP contribution in [0.2, 0.25) is 0 Å². The Morgan fingerprint density at radius 1 is 0.203 bits per heavy atom. The lowest BCUT2D eigenvalue weighted by Crippen LogP contribution is -2.10. The molecule has 1 heteroatoms. The highest BCUT2D eigenvalue weighted by Crippen LogP contribution is 2.45. The molecule has 0 aliphatic rings. The van der Waals surface area contributed by atoms with Crippen LogP contribution in [0.3, 0.4) is 0 Å². The second-order valence-electron chi connectivity index (χ2n) is 14.9. The van der Waals surface area contributed by atoms with Crippen LogP contribution >= 0.6 is 0 Å². The van der Waals surface area contributed by atoms with Gasteiger partial charge in [-0.05, 0) is 120 Å². The van der Waals surface area contributed by atoms with E-state index in [1.54, 1.807) is 0 Å². The molecule has 10 aromatic rings. The SMILES string of the molecule is c1ccc(-c2ccc(N(c3ccc(-c4cccc(-c5ccccc5)c4-c4ccccc4-c4ccccc4)cc3)c3cccc(-c4ccc5ccccc5c4)c3)cc2)cc1. The first-order chi connectivity index (χ1) is 29.3. The number of hydrogen-bond acceptors (Lipinski definition) is 1. The van der Waals surface area contributed by atoms with Gasteiger partial charge >= 0.3 is 0 Å². The van der Waals surface area contributed by atoms with Gasteiger partial charge in [0.15, 0.2) is 0 Å². The van der Waals surface area contributed by atoms with E-state index in [4.69, 9.17) is 0 Å². The van der Waals surface area contributed by atoms with Gasteiger partial charge in [-0.15, -0.1) is 0 Å². The summed E-state index contributed by atoms with van der Waals surface area (Å²) in [6, 6.07) is 89.8. The van der Waals surface area contributed by atoms with Gasteiger partial charge in [-0.25, -0.2) is 0 Å². The molecule has 10 rings (SSSR count). The van der Waals surface area contributed by atoms with Crippen molar-refractivity contribution in [3.8, 4) is 66.8 Å². The first kappa shape index (κ1) is 35.7. The normalized spacial score (nSPS) is 11.1. The lowest BCUT2D eigenvalue weighted by atomic mass is 9.84. The molecular weight excluding hydrogens is 711 g/mol. The summed E-state index contributed by atoms with van der Waals surface area (Å²) < 4.78 is 0. The summed E-state index contributed by atoms with van der Waals surface area (Å²) in [5.74, 6) is 0. The fourth-order valence-electron chi connectivity index (χ4n) is 8.38. The molecular formula is C58H41N. The van der Waals surface area contributed by atoms with Crippen LogP contribution in [0.25, 0.3) is 77.5 Å². The molecule has 0 aliphatic carbocycles. The molecule has 0 atom stereocenters. The van der Waals surface area contributed by atoms with E-state index in [1.165, 1.54) is 72.0 Å². The maximum absolute atomic E-state index is 2.37. The van der Waals surface area contributed by atoms with Crippen molar-refractivity contribution in [2.75, 3.05) is 4.90 Å². The zero-order valence-electron chi connectivity index (χ0n) is 32.6. The average Bonchev–Trinajstić information content (AvgIpc) is 3.32. The molecule has 0 saturated carbocycles. The highest BCUT2D eigenvalue weighted by molar-refractivity contribution is 6.00. The largest absolute Gasteiger partial charge is 0.310 e. The second-order valence-corrected chi connectivity index (χ2v) is 14.9. The third-order valence-corrected chi connectivity index (χ3v) is 11.3. The Morgan fingerprint density at radius 3 is 1.25 bits per heavy atom. The fourth-order valence-corrected chi connectivity index (χ4v) is 8.38. The summed E-state index contributed by atoms with van der Waals surface area (Å²) >= 11 is 0. The molecule has 10 aromatic carbocycles. The Morgan fingerprint density at radius 2 is 0.610 bits per heavy atom. The molecule has 0 N–H and O–H groups in total. The maximum atomic E-state index is 2.37. The van der Waals surface area contributed by atoms with Crippen molar-refractivity contribution >= 4 is 27.8 Å². The van der Waals surface area contributed by atoms with Crippen LogP contribution in [0.5, 0.6) is 0 Å². The van der Waals surface area contributed by atoms with Crippen molar-refractivity contribution < 1.29 is 0 Å². The summed E-state index contributed by atoms with van der Waals surface area (Å²) in [5.41, 5.74) is 17.7. The lowest BCUT2D eigenvalue weighted by molar-refractivity contribution is 1.28. The summed E-state index contributed by atoms with van der Waals surface area (Å²) in [4.78, 5) is 2.37. The predicted octanol–water partition coefficient (Wildman–Crippen LogP) is 16.3. The molecule has 0 aromatic heterocycles. The number of anilines is 3. The summed E-state index contributed by atoms with van der Waals surface area (Å²) in [5, 5.41) is 2.48. The zero-order chi connectivity index (χ0) is 39.4. The van der Waals surface area contributed by atoms with E-state index >= 15 is 0 Å². The van der Waals surface area contributed by atoms with Gasteiger partial charge < -0.3 is 4.90 Å². The monoisotopic (exact) mass is 751 g/mol. The van der Waals surface area contributed by atoms with E-state index in [-0.39, 0.29) is 0 Å². The van der Waals surface area contributed by atoms with Crippen LogP contribution in [0, 0.1) is 0 Å². The Bertz CT molecular complexity index is 3000. The van der Waals surface area contributed by atoms with E-state index in [0.29, 0.717) is 0 Å². The molecule has 0 radical (unpaired) electrons. The minimum atomic E-state index is 1.09. The van der Waals surface area contributed by atoms with Gasteiger partial charge in [0.25, 0.3) is 0 Å². The molecule has 0 spiro atoms. The average molecular weight is 752 g/mol. The summed E-state index contributed by atoms with van der Waals surface area (Å²) in [6.45, 7) is 0. The predicted molar refractivity (Wildman–Crippen MR) is 251 cm³/mol. The van der Waals surface area contributed by atoms with Crippen LogP contribution in [0.15, 0.2) is 249 Å². The van der Waals surface area contributed by atoms with Crippen LogP contribution in [-0.2, 0) is 0 Å². The zero-order valence-corrected chi connectivity index (χ0v) is 32.6. The first-order valence-corrected chi connectivity index (χ1v) is 20.3. The van der Waals surface area contributed by atoms with E-state index < -0.39 is 0 Å². The Kier molecular flexibility index (Phi) is 9.68. The Labute approximate surface area is 346 Å². The topological polar surface area (TPSA) is 3.24 Å². The highest BCUT2D eigenvalue weighted by atomic mass is 15.1. The third kappa shape index (κ3) is 7.23. The molecule has 0 heterocycles. The van der Waals surface area contributed by atoms with Crippen LogP contribution in [-0.4, -0.2) is 0 Å². The second kappa shape index (κ2) is 16.0. The molecule has 59 heavy (non-hydrogen) atoms. The van der Waals surface area contributed by atoms with E-state index in [9.17, 15) is 0 Å². The molecule has 0 amide bonds. The van der Waals surface area contributed by atoms with Gasteiger partial charge in [-0.1, -0.05) is 206 Å². The molecule has 0 fully saturated rings. The third-order valence-electron chi connectivity index (χ3n) is 11.3. The minimum absolute atomic E-state index is 1.09. The molecule has 278 valence electrons. The Balaban J connectivity index is 1.10. The van der Waals surface area contributed by atoms with Gasteiger partial charge in [0, 0.05) is 17.1 Å². The van der Waals surface area contributed by atoms with Gasteiger partial charge in [0.1, 0.15) is 0 Å². The molecule has 0 bridgehead atoms. The molecule has 0 saturated heterocycles. The summed E-state index contributed by atoms with van der Waals surface area (Å²) in [7, 11) is 0. The number of nitrogens with zero attached hydrogens (tertiary/aromatic N) is 1. The lowest BCUT2D eigenvalue weighted by Gasteiger charge is -2.27. The first-order valence-electron chi connectivity index (χ1n) is 20.3. The van der Waals surface area contributed by atoms with Gasteiger partial charge in [-0.2, -0.15) is 0 Å². The van der Waals surface area contributed by atoms with E-state index in [1.807, 2.05) is 0 Å². The fraction of sp³-hybridized carbons (Fsp3) is 0. The van der Waals surface area contributed by atoms with E-state index in [0.717, 1.165) is 22.6 Å². The Hall–Kier alpha value is -7.74. The number of rotatable bonds is 9. The highest BCUT2D eigenvalue weighted by Gasteiger charge is 2.19.